The fourth-order valence-corrected chi connectivity index (χ4v) is 2.52. The Morgan fingerprint density at radius 2 is 1.55 bits per heavy atom. The van der Waals surface area contributed by atoms with Crippen LogP contribution >= 0.6 is 15.9 Å². The van der Waals surface area contributed by atoms with Crippen LogP contribution in [0, 0.1) is 5.82 Å². The Hall–Kier alpha value is -1.23. The Labute approximate surface area is 126 Å². The molecule has 20 heavy (non-hydrogen) atoms. The highest BCUT2D eigenvalue weighted by molar-refractivity contribution is 9.10. The van der Waals surface area contributed by atoms with E-state index in [2.05, 4.69) is 15.9 Å². The van der Waals surface area contributed by atoms with Gasteiger partial charge in [0.15, 0.2) is 0 Å². The zero-order valence-corrected chi connectivity index (χ0v) is 12.5. The zero-order valence-electron chi connectivity index (χ0n) is 10.9. The van der Waals surface area contributed by atoms with E-state index in [1.165, 1.54) is 6.07 Å². The normalized spacial score (nSPS) is 11.6. The fraction of sp³-hybridized carbons (Fsp3) is 0.250. The van der Waals surface area contributed by atoms with Crippen LogP contribution in [0.3, 0.4) is 0 Å². The highest BCUT2D eigenvalue weighted by Gasteiger charge is 2.32. The van der Waals surface area contributed by atoms with Crippen molar-refractivity contribution in [2.24, 2.45) is 0 Å². The van der Waals surface area contributed by atoms with Gasteiger partial charge in [0.25, 0.3) is 0 Å². The maximum absolute atomic E-state index is 13.8. The number of hydrogen-bond donors (Lipinski definition) is 2. The predicted molar refractivity (Wildman–Crippen MR) is 80.1 cm³/mol. The molecule has 0 aromatic heterocycles. The summed E-state index contributed by atoms with van der Waals surface area (Å²) in [4.78, 5) is 0. The Morgan fingerprint density at radius 3 is 2.10 bits per heavy atom. The molecule has 0 atom stereocenters. The monoisotopic (exact) mass is 338 g/mol. The first-order valence-electron chi connectivity index (χ1n) is 6.32. The van der Waals surface area contributed by atoms with Crippen molar-refractivity contribution in [3.05, 3.63) is 69.9 Å². The first kappa shape index (κ1) is 15.2. The molecular weight excluding hydrogens is 323 g/mol. The number of benzene rings is 2. The van der Waals surface area contributed by atoms with Crippen LogP contribution in [0.5, 0.6) is 0 Å². The lowest BCUT2D eigenvalue weighted by Gasteiger charge is -2.30. The molecule has 0 amide bonds. The lowest BCUT2D eigenvalue weighted by atomic mass is 9.77. The summed E-state index contributed by atoms with van der Waals surface area (Å²) in [6.07, 6.45) is 0.244. The van der Waals surface area contributed by atoms with E-state index in [4.69, 9.17) is 0 Å². The summed E-state index contributed by atoms with van der Waals surface area (Å²) in [7, 11) is 0. The minimum atomic E-state index is -0.886. The second-order valence-corrected chi connectivity index (χ2v) is 5.79. The van der Waals surface area contributed by atoms with Gasteiger partial charge in [-0.1, -0.05) is 46.3 Å². The van der Waals surface area contributed by atoms with Crippen molar-refractivity contribution in [1.82, 2.24) is 0 Å². The molecule has 2 nitrogen and oxygen atoms in total. The quantitative estimate of drug-likeness (QED) is 0.879. The van der Waals surface area contributed by atoms with Crippen LogP contribution in [-0.2, 0) is 11.8 Å². The van der Waals surface area contributed by atoms with Gasteiger partial charge in [-0.3, -0.25) is 0 Å². The van der Waals surface area contributed by atoms with Crippen LogP contribution in [-0.4, -0.2) is 23.4 Å². The van der Waals surface area contributed by atoms with Crippen molar-refractivity contribution in [1.29, 1.82) is 0 Å². The van der Waals surface area contributed by atoms with Crippen molar-refractivity contribution in [2.45, 2.75) is 11.8 Å². The van der Waals surface area contributed by atoms with Gasteiger partial charge < -0.3 is 10.2 Å². The molecule has 0 unspecified atom stereocenters. The van der Waals surface area contributed by atoms with Gasteiger partial charge in [0, 0.05) is 9.89 Å². The molecule has 0 radical (unpaired) electrons. The van der Waals surface area contributed by atoms with E-state index < -0.39 is 5.41 Å². The van der Waals surface area contributed by atoms with Gasteiger partial charge >= 0.3 is 0 Å². The van der Waals surface area contributed by atoms with E-state index in [1.54, 1.807) is 18.2 Å². The first-order chi connectivity index (χ1) is 9.61. The Balaban J connectivity index is 2.39. The van der Waals surface area contributed by atoms with Gasteiger partial charge in [0.05, 0.1) is 13.2 Å². The summed E-state index contributed by atoms with van der Waals surface area (Å²) in [5.74, 6) is -0.323. The van der Waals surface area contributed by atoms with Gasteiger partial charge in [-0.2, -0.15) is 0 Å². The third-order valence-electron chi connectivity index (χ3n) is 3.55. The average molecular weight is 339 g/mol. The lowest BCUT2D eigenvalue weighted by Crippen LogP contribution is -2.37. The summed E-state index contributed by atoms with van der Waals surface area (Å²) >= 11 is 3.35. The van der Waals surface area contributed by atoms with Gasteiger partial charge in [-0.05, 0) is 35.7 Å². The summed E-state index contributed by atoms with van der Waals surface area (Å²) in [5.41, 5.74) is 0.385. The molecule has 0 saturated heterocycles. The second kappa shape index (κ2) is 6.48. The lowest BCUT2D eigenvalue weighted by molar-refractivity contribution is 0.115. The van der Waals surface area contributed by atoms with Gasteiger partial charge in [0.1, 0.15) is 5.82 Å². The van der Waals surface area contributed by atoms with E-state index in [0.29, 0.717) is 5.56 Å². The van der Waals surface area contributed by atoms with Crippen LogP contribution in [0.25, 0.3) is 0 Å². The second-order valence-electron chi connectivity index (χ2n) is 4.87. The van der Waals surface area contributed by atoms with E-state index in [9.17, 15) is 14.6 Å². The van der Waals surface area contributed by atoms with Crippen LogP contribution in [0.2, 0.25) is 0 Å². The molecule has 0 spiro atoms. The number of aliphatic hydroxyl groups is 2. The molecule has 0 aliphatic heterocycles. The predicted octanol–water partition coefficient (Wildman–Crippen LogP) is 3.05. The number of halogens is 2. The van der Waals surface area contributed by atoms with Crippen molar-refractivity contribution in [2.75, 3.05) is 13.2 Å². The van der Waals surface area contributed by atoms with Gasteiger partial charge in [-0.25, -0.2) is 4.39 Å². The topological polar surface area (TPSA) is 40.5 Å². The van der Waals surface area contributed by atoms with Crippen LogP contribution in [0.15, 0.2) is 53.0 Å². The first-order valence-corrected chi connectivity index (χ1v) is 7.12. The minimum absolute atomic E-state index is 0.244. The maximum atomic E-state index is 13.8. The molecule has 0 saturated carbocycles. The number of hydrogen-bond acceptors (Lipinski definition) is 2. The summed E-state index contributed by atoms with van der Waals surface area (Å²) in [6, 6.07) is 13.8. The van der Waals surface area contributed by atoms with Crippen molar-refractivity contribution in [3.63, 3.8) is 0 Å². The molecule has 2 aromatic rings. The highest BCUT2D eigenvalue weighted by atomic mass is 79.9. The molecule has 0 aliphatic carbocycles. The summed E-state index contributed by atoms with van der Waals surface area (Å²) < 4.78 is 14.7. The van der Waals surface area contributed by atoms with Crippen LogP contribution in [0.4, 0.5) is 4.39 Å². The van der Waals surface area contributed by atoms with Gasteiger partial charge in [-0.15, -0.1) is 0 Å². The SMILES string of the molecule is OCC(CO)(Cc1ccccc1F)c1ccc(Br)cc1. The van der Waals surface area contributed by atoms with Crippen LogP contribution < -0.4 is 0 Å². The molecule has 106 valence electrons. The van der Waals surface area contributed by atoms with Crippen molar-refractivity contribution in [3.8, 4) is 0 Å². The van der Waals surface area contributed by atoms with E-state index in [0.717, 1.165) is 10.0 Å². The van der Waals surface area contributed by atoms with Crippen molar-refractivity contribution >= 4 is 15.9 Å². The Bertz CT molecular complexity index is 565. The van der Waals surface area contributed by atoms with E-state index in [-0.39, 0.29) is 25.5 Å². The Kier molecular flexibility index (Phi) is 4.91. The zero-order chi connectivity index (χ0) is 14.6. The number of aliphatic hydroxyl groups excluding tert-OH is 2. The average Bonchev–Trinajstić information content (AvgIpc) is 2.48. The standard InChI is InChI=1S/C16H16BrFO2/c17-14-7-5-13(6-8-14)16(10-19,11-20)9-12-3-1-2-4-15(12)18/h1-8,19-20H,9-11H2. The summed E-state index contributed by atoms with van der Waals surface area (Å²) in [5, 5.41) is 19.5. The smallest absolute Gasteiger partial charge is 0.126 e. The molecule has 2 aromatic carbocycles. The molecule has 0 bridgehead atoms. The molecule has 2 N–H and O–H groups in total. The highest BCUT2D eigenvalue weighted by Crippen LogP contribution is 2.30. The molecular formula is C16H16BrFO2. The van der Waals surface area contributed by atoms with E-state index in [1.807, 2.05) is 24.3 Å². The molecule has 2 rings (SSSR count). The van der Waals surface area contributed by atoms with Gasteiger partial charge in [0.2, 0.25) is 0 Å². The summed E-state index contributed by atoms with van der Waals surface area (Å²) in [6.45, 7) is -0.501. The maximum Gasteiger partial charge on any atom is 0.126 e. The van der Waals surface area contributed by atoms with E-state index >= 15 is 0 Å². The Morgan fingerprint density at radius 1 is 0.950 bits per heavy atom. The molecule has 4 heteroatoms. The van der Waals surface area contributed by atoms with Crippen molar-refractivity contribution < 1.29 is 14.6 Å². The largest absolute Gasteiger partial charge is 0.395 e. The third-order valence-corrected chi connectivity index (χ3v) is 4.08. The molecule has 0 fully saturated rings. The minimum Gasteiger partial charge on any atom is -0.395 e. The third kappa shape index (κ3) is 3.08. The molecule has 0 aliphatic rings. The number of rotatable bonds is 5. The van der Waals surface area contributed by atoms with Crippen LogP contribution in [0.1, 0.15) is 11.1 Å². The molecule has 0 heterocycles. The fourth-order valence-electron chi connectivity index (χ4n) is 2.26.